The average Bonchev–Trinajstić information content (AvgIpc) is 3.18. The van der Waals surface area contributed by atoms with E-state index >= 15 is 0 Å². The van der Waals surface area contributed by atoms with Crippen LogP contribution in [0.2, 0.25) is 0 Å². The van der Waals surface area contributed by atoms with Gasteiger partial charge in [-0.05, 0) is 30.5 Å². The van der Waals surface area contributed by atoms with Crippen LogP contribution in [0.25, 0.3) is 0 Å². The van der Waals surface area contributed by atoms with E-state index in [1.807, 2.05) is 54.8 Å². The van der Waals surface area contributed by atoms with E-state index < -0.39 is 0 Å². The van der Waals surface area contributed by atoms with Crippen molar-refractivity contribution in [2.45, 2.75) is 19.9 Å². The lowest BCUT2D eigenvalue weighted by atomic mass is 10.2. The number of nitrogens with zero attached hydrogens (tertiary/aromatic N) is 1. The Morgan fingerprint density at radius 1 is 1.22 bits per heavy atom. The van der Waals surface area contributed by atoms with Crippen molar-refractivity contribution >= 4 is 28.6 Å². The Kier molecular flexibility index (Phi) is 4.73. The quantitative estimate of drug-likeness (QED) is 0.722. The smallest absolute Gasteiger partial charge is 0.229 e. The molecule has 0 saturated heterocycles. The van der Waals surface area contributed by atoms with Gasteiger partial charge in [0.05, 0.1) is 24.3 Å². The molecular formula is C17H17N3O2S. The lowest BCUT2D eigenvalue weighted by Gasteiger charge is -2.12. The topological polar surface area (TPSA) is 67.2 Å². The molecular weight excluding hydrogens is 310 g/mol. The van der Waals surface area contributed by atoms with Gasteiger partial charge in [0.2, 0.25) is 5.91 Å². The van der Waals surface area contributed by atoms with E-state index in [9.17, 15) is 4.79 Å². The maximum atomic E-state index is 12.2. The summed E-state index contributed by atoms with van der Waals surface area (Å²) in [5.74, 6) is 0.748. The Hall–Kier alpha value is -2.60. The number of thiophene rings is 1. The third kappa shape index (κ3) is 4.20. The summed E-state index contributed by atoms with van der Waals surface area (Å²) in [4.78, 5) is 13.2. The zero-order valence-corrected chi connectivity index (χ0v) is 13.5. The second-order valence-corrected chi connectivity index (χ2v) is 6.16. The summed E-state index contributed by atoms with van der Waals surface area (Å²) in [5, 5.41) is 12.1. The van der Waals surface area contributed by atoms with Gasteiger partial charge in [0.25, 0.3) is 0 Å². The Labute approximate surface area is 138 Å². The van der Waals surface area contributed by atoms with Crippen molar-refractivity contribution in [1.29, 1.82) is 0 Å². The van der Waals surface area contributed by atoms with Crippen molar-refractivity contribution in [3.05, 3.63) is 64.2 Å². The van der Waals surface area contributed by atoms with Crippen LogP contribution in [0.15, 0.2) is 52.4 Å². The van der Waals surface area contributed by atoms with Crippen LogP contribution >= 0.6 is 11.3 Å². The fraction of sp³-hybridized carbons (Fsp3) is 0.176. The number of amides is 1. The van der Waals surface area contributed by atoms with Gasteiger partial charge in [-0.15, -0.1) is 11.3 Å². The summed E-state index contributed by atoms with van der Waals surface area (Å²) in [7, 11) is 0. The van der Waals surface area contributed by atoms with E-state index in [1.165, 1.54) is 0 Å². The van der Waals surface area contributed by atoms with E-state index in [4.69, 9.17) is 4.52 Å². The first-order valence-electron chi connectivity index (χ1n) is 7.28. The third-order valence-electron chi connectivity index (χ3n) is 3.25. The molecule has 0 spiro atoms. The van der Waals surface area contributed by atoms with Gasteiger partial charge < -0.3 is 15.2 Å². The van der Waals surface area contributed by atoms with Crippen molar-refractivity contribution < 1.29 is 9.32 Å². The highest BCUT2D eigenvalue weighted by atomic mass is 32.1. The molecule has 3 rings (SSSR count). The van der Waals surface area contributed by atoms with E-state index in [0.29, 0.717) is 13.0 Å². The number of para-hydroxylation sites is 2. The summed E-state index contributed by atoms with van der Waals surface area (Å²) in [5.41, 5.74) is 2.43. The Morgan fingerprint density at radius 3 is 2.74 bits per heavy atom. The largest absolute Gasteiger partial charge is 0.378 e. The van der Waals surface area contributed by atoms with Gasteiger partial charge in [-0.25, -0.2) is 0 Å². The molecule has 0 saturated carbocycles. The van der Waals surface area contributed by atoms with Crippen LogP contribution in [0.1, 0.15) is 16.3 Å². The molecule has 6 heteroatoms. The van der Waals surface area contributed by atoms with Gasteiger partial charge in [0.1, 0.15) is 11.5 Å². The minimum Gasteiger partial charge on any atom is -0.378 e. The van der Waals surface area contributed by atoms with Crippen LogP contribution in [-0.4, -0.2) is 11.1 Å². The molecule has 2 heterocycles. The second kappa shape index (κ2) is 7.11. The second-order valence-electron chi connectivity index (χ2n) is 5.13. The summed E-state index contributed by atoms with van der Waals surface area (Å²) >= 11 is 1.58. The minimum absolute atomic E-state index is 0.0287. The van der Waals surface area contributed by atoms with Crippen molar-refractivity contribution in [1.82, 2.24) is 5.16 Å². The first-order chi connectivity index (χ1) is 11.2. The molecule has 0 aliphatic carbocycles. The Morgan fingerprint density at radius 2 is 2.04 bits per heavy atom. The van der Waals surface area contributed by atoms with Crippen LogP contribution in [0.4, 0.5) is 11.4 Å². The number of nitrogens with one attached hydrogen (secondary N) is 2. The van der Waals surface area contributed by atoms with E-state index in [1.54, 1.807) is 11.3 Å². The zero-order chi connectivity index (χ0) is 16.1. The van der Waals surface area contributed by atoms with Gasteiger partial charge in [-0.3, -0.25) is 4.79 Å². The molecule has 118 valence electrons. The standard InChI is InChI=1S/C17H17N3O2S/c1-12-9-13(20-22-12)11-18-15-6-2-3-7-16(15)19-17(21)10-14-5-4-8-23-14/h2-9,18H,10-11H2,1H3,(H,19,21). The highest BCUT2D eigenvalue weighted by Gasteiger charge is 2.09. The molecule has 0 atom stereocenters. The van der Waals surface area contributed by atoms with E-state index in [-0.39, 0.29) is 5.91 Å². The molecule has 0 aliphatic heterocycles. The number of hydrogen-bond donors (Lipinski definition) is 2. The molecule has 5 nitrogen and oxygen atoms in total. The number of hydrogen-bond acceptors (Lipinski definition) is 5. The molecule has 1 aromatic carbocycles. The van der Waals surface area contributed by atoms with Crippen LogP contribution in [0.5, 0.6) is 0 Å². The fourth-order valence-corrected chi connectivity index (χ4v) is 2.90. The Bertz CT molecular complexity index is 781. The molecule has 2 N–H and O–H groups in total. The lowest BCUT2D eigenvalue weighted by molar-refractivity contribution is -0.115. The van der Waals surface area contributed by atoms with E-state index in [2.05, 4.69) is 15.8 Å². The van der Waals surface area contributed by atoms with Crippen LogP contribution in [0, 0.1) is 6.92 Å². The van der Waals surface area contributed by atoms with Gasteiger partial charge in [-0.1, -0.05) is 23.4 Å². The maximum Gasteiger partial charge on any atom is 0.229 e. The number of benzene rings is 1. The number of aryl methyl sites for hydroxylation is 1. The predicted octanol–water partition coefficient (Wildman–Crippen LogP) is 3.84. The summed E-state index contributed by atoms with van der Waals surface area (Å²) in [6.45, 7) is 2.39. The summed E-state index contributed by atoms with van der Waals surface area (Å²) < 4.78 is 5.05. The molecule has 0 fully saturated rings. The van der Waals surface area contributed by atoms with Crippen molar-refractivity contribution in [3.8, 4) is 0 Å². The molecule has 0 bridgehead atoms. The summed E-state index contributed by atoms with van der Waals surface area (Å²) in [6.07, 6.45) is 0.383. The van der Waals surface area contributed by atoms with E-state index in [0.717, 1.165) is 27.7 Å². The average molecular weight is 327 g/mol. The van der Waals surface area contributed by atoms with Gasteiger partial charge in [0.15, 0.2) is 0 Å². The molecule has 0 unspecified atom stereocenters. The monoisotopic (exact) mass is 327 g/mol. The number of aromatic nitrogens is 1. The van der Waals surface area contributed by atoms with Crippen LogP contribution in [-0.2, 0) is 17.8 Å². The van der Waals surface area contributed by atoms with Crippen molar-refractivity contribution in [2.75, 3.05) is 10.6 Å². The highest BCUT2D eigenvalue weighted by Crippen LogP contribution is 2.22. The molecule has 0 aliphatic rings. The van der Waals surface area contributed by atoms with Crippen molar-refractivity contribution in [2.24, 2.45) is 0 Å². The molecule has 0 radical (unpaired) electrons. The molecule has 1 amide bonds. The molecule has 3 aromatic rings. The van der Waals surface area contributed by atoms with Crippen molar-refractivity contribution in [3.63, 3.8) is 0 Å². The number of carbonyl (C=O) groups is 1. The molecule has 2 aromatic heterocycles. The summed E-state index contributed by atoms with van der Waals surface area (Å²) in [6, 6.07) is 13.4. The number of anilines is 2. The number of rotatable bonds is 6. The first-order valence-corrected chi connectivity index (χ1v) is 8.16. The lowest BCUT2D eigenvalue weighted by Crippen LogP contribution is -2.15. The predicted molar refractivity (Wildman–Crippen MR) is 91.7 cm³/mol. The first kappa shape index (κ1) is 15.3. The van der Waals surface area contributed by atoms with Gasteiger partial charge in [0, 0.05) is 10.9 Å². The van der Waals surface area contributed by atoms with Crippen LogP contribution < -0.4 is 10.6 Å². The van der Waals surface area contributed by atoms with Crippen LogP contribution in [0.3, 0.4) is 0 Å². The SMILES string of the molecule is Cc1cc(CNc2ccccc2NC(=O)Cc2cccs2)no1. The highest BCUT2D eigenvalue weighted by molar-refractivity contribution is 7.10. The fourth-order valence-electron chi connectivity index (χ4n) is 2.20. The van der Waals surface area contributed by atoms with Gasteiger partial charge >= 0.3 is 0 Å². The number of carbonyl (C=O) groups excluding carboxylic acids is 1. The Balaban J connectivity index is 1.64. The normalized spacial score (nSPS) is 10.5. The minimum atomic E-state index is -0.0287. The zero-order valence-electron chi connectivity index (χ0n) is 12.7. The van der Waals surface area contributed by atoms with Gasteiger partial charge in [-0.2, -0.15) is 0 Å². The maximum absolute atomic E-state index is 12.2. The molecule has 23 heavy (non-hydrogen) atoms. The third-order valence-corrected chi connectivity index (χ3v) is 4.13.